The van der Waals surface area contributed by atoms with Gasteiger partial charge in [-0.2, -0.15) is 0 Å². The van der Waals surface area contributed by atoms with Crippen LogP contribution in [0.3, 0.4) is 0 Å². The van der Waals surface area contributed by atoms with Crippen LogP contribution in [0, 0.1) is 0 Å². The van der Waals surface area contributed by atoms with Gasteiger partial charge in [-0.15, -0.1) is 0 Å². The molecule has 0 radical (unpaired) electrons. The van der Waals surface area contributed by atoms with Gasteiger partial charge in [0, 0.05) is 31.6 Å². The molecule has 4 heteroatoms. The summed E-state index contributed by atoms with van der Waals surface area (Å²) in [5.74, 6) is 0.290. The zero-order chi connectivity index (χ0) is 12.3. The van der Waals surface area contributed by atoms with Gasteiger partial charge in [0.1, 0.15) is 0 Å². The van der Waals surface area contributed by atoms with Crippen LogP contribution in [0.25, 0.3) is 0 Å². The molecule has 1 amide bonds. The van der Waals surface area contributed by atoms with Crippen LogP contribution in [0.5, 0.6) is 0 Å². The van der Waals surface area contributed by atoms with Gasteiger partial charge in [-0.1, -0.05) is 0 Å². The van der Waals surface area contributed by atoms with E-state index in [4.69, 9.17) is 0 Å². The van der Waals surface area contributed by atoms with Crippen LogP contribution in [0.1, 0.15) is 39.0 Å². The van der Waals surface area contributed by atoms with E-state index in [9.17, 15) is 9.90 Å². The normalized spacial score (nSPS) is 30.1. The summed E-state index contributed by atoms with van der Waals surface area (Å²) in [5.41, 5.74) is 0. The van der Waals surface area contributed by atoms with Gasteiger partial charge in [-0.25, -0.2) is 0 Å². The Labute approximate surface area is 104 Å². The number of nitrogens with zero attached hydrogens (tertiary/aromatic N) is 2. The van der Waals surface area contributed by atoms with E-state index in [-0.39, 0.29) is 6.61 Å². The number of carbonyl (C=O) groups excluding carboxylic acids is 1. The summed E-state index contributed by atoms with van der Waals surface area (Å²) in [6, 6.07) is 0.716. The molecule has 2 aliphatic rings. The third-order valence-electron chi connectivity index (χ3n) is 4.20. The van der Waals surface area contributed by atoms with Gasteiger partial charge in [-0.05, 0) is 39.2 Å². The van der Waals surface area contributed by atoms with Gasteiger partial charge in [0.2, 0.25) is 5.91 Å². The lowest BCUT2D eigenvalue weighted by Gasteiger charge is -2.25. The van der Waals surface area contributed by atoms with Crippen LogP contribution in [-0.4, -0.2) is 59.1 Å². The predicted molar refractivity (Wildman–Crippen MR) is 66.7 cm³/mol. The van der Waals surface area contributed by atoms with E-state index in [0.717, 1.165) is 45.3 Å². The number of hydrogen-bond donors (Lipinski definition) is 1. The number of aliphatic hydroxyl groups is 1. The first-order valence-electron chi connectivity index (χ1n) is 6.86. The molecule has 98 valence electrons. The Kier molecular flexibility index (Phi) is 4.40. The molecule has 2 atom stereocenters. The maximum atomic E-state index is 12.0. The minimum absolute atomic E-state index is 0.230. The van der Waals surface area contributed by atoms with E-state index in [1.54, 1.807) is 0 Å². The van der Waals surface area contributed by atoms with Crippen LogP contribution in [0.4, 0.5) is 0 Å². The van der Waals surface area contributed by atoms with Crippen molar-refractivity contribution < 1.29 is 9.90 Å². The fourth-order valence-corrected chi connectivity index (χ4v) is 3.08. The molecule has 17 heavy (non-hydrogen) atoms. The average molecular weight is 240 g/mol. The number of carbonyl (C=O) groups is 1. The smallest absolute Gasteiger partial charge is 0.224 e. The molecule has 4 nitrogen and oxygen atoms in total. The number of likely N-dealkylation sites (tertiary alicyclic amines) is 2. The highest BCUT2D eigenvalue weighted by molar-refractivity contribution is 5.77. The first kappa shape index (κ1) is 12.8. The number of hydrogen-bond acceptors (Lipinski definition) is 3. The molecule has 0 aliphatic carbocycles. The lowest BCUT2D eigenvalue weighted by molar-refractivity contribution is -0.132. The Morgan fingerprint density at radius 1 is 1.29 bits per heavy atom. The topological polar surface area (TPSA) is 43.8 Å². The van der Waals surface area contributed by atoms with Crippen molar-refractivity contribution in [1.29, 1.82) is 0 Å². The monoisotopic (exact) mass is 240 g/mol. The fourth-order valence-electron chi connectivity index (χ4n) is 3.08. The molecule has 0 bridgehead atoms. The maximum absolute atomic E-state index is 12.0. The summed E-state index contributed by atoms with van der Waals surface area (Å²) in [7, 11) is 0. The molecule has 0 aromatic heterocycles. The lowest BCUT2D eigenvalue weighted by atomic mass is 10.2. The number of rotatable bonds is 4. The van der Waals surface area contributed by atoms with Crippen LogP contribution < -0.4 is 0 Å². The second-order valence-electron chi connectivity index (χ2n) is 5.34. The molecule has 0 aromatic carbocycles. The van der Waals surface area contributed by atoms with Crippen molar-refractivity contribution in [3.05, 3.63) is 0 Å². The van der Waals surface area contributed by atoms with Crippen molar-refractivity contribution in [1.82, 2.24) is 9.80 Å². The maximum Gasteiger partial charge on any atom is 0.224 e. The third-order valence-corrected chi connectivity index (χ3v) is 4.20. The van der Waals surface area contributed by atoms with Crippen molar-refractivity contribution in [3.8, 4) is 0 Å². The predicted octanol–water partition coefficient (Wildman–Crippen LogP) is 0.844. The summed E-state index contributed by atoms with van der Waals surface area (Å²) in [5, 5.41) is 9.22. The van der Waals surface area contributed by atoms with E-state index in [0.29, 0.717) is 24.4 Å². The molecule has 1 N–H and O–H groups in total. The molecule has 0 spiro atoms. The standard InChI is InChI=1S/C13H24N2O2/c1-11-4-2-8-15(11)13(17)6-9-14-7-3-5-12(14)10-16/h11-12,16H,2-10H2,1H3/t11?,12-/m1/s1. The summed E-state index contributed by atoms with van der Waals surface area (Å²) in [6.45, 7) is 5.15. The lowest BCUT2D eigenvalue weighted by Crippen LogP contribution is -2.38. The largest absolute Gasteiger partial charge is 0.395 e. The highest BCUT2D eigenvalue weighted by atomic mass is 16.3. The molecule has 2 heterocycles. The summed E-state index contributed by atoms with van der Waals surface area (Å²) < 4.78 is 0. The van der Waals surface area contributed by atoms with Gasteiger partial charge >= 0.3 is 0 Å². The van der Waals surface area contributed by atoms with E-state index in [2.05, 4.69) is 11.8 Å². The minimum atomic E-state index is 0.230. The van der Waals surface area contributed by atoms with Crippen molar-refractivity contribution in [2.24, 2.45) is 0 Å². The Hall–Kier alpha value is -0.610. The van der Waals surface area contributed by atoms with E-state index >= 15 is 0 Å². The Morgan fingerprint density at radius 3 is 2.71 bits per heavy atom. The summed E-state index contributed by atoms with van der Waals surface area (Å²) >= 11 is 0. The molecule has 2 fully saturated rings. The first-order valence-corrected chi connectivity index (χ1v) is 6.86. The van der Waals surface area contributed by atoms with Crippen LogP contribution in [0.2, 0.25) is 0 Å². The van der Waals surface area contributed by atoms with Gasteiger partial charge in [0.15, 0.2) is 0 Å². The molecule has 2 aliphatic heterocycles. The summed E-state index contributed by atoms with van der Waals surface area (Å²) in [4.78, 5) is 16.3. The second kappa shape index (κ2) is 5.83. The minimum Gasteiger partial charge on any atom is -0.395 e. The molecule has 0 saturated carbocycles. The van der Waals surface area contributed by atoms with Crippen molar-refractivity contribution in [2.75, 3.05) is 26.2 Å². The Morgan fingerprint density at radius 2 is 2.06 bits per heavy atom. The summed E-state index contributed by atoms with van der Waals surface area (Å²) in [6.07, 6.45) is 5.13. The third kappa shape index (κ3) is 2.99. The Bertz CT molecular complexity index is 270. The zero-order valence-corrected chi connectivity index (χ0v) is 10.8. The van der Waals surface area contributed by atoms with Gasteiger partial charge in [0.05, 0.1) is 6.61 Å². The highest BCUT2D eigenvalue weighted by Crippen LogP contribution is 2.20. The zero-order valence-electron chi connectivity index (χ0n) is 10.8. The number of aliphatic hydroxyl groups excluding tert-OH is 1. The molecule has 1 unspecified atom stereocenters. The van der Waals surface area contributed by atoms with Crippen LogP contribution >= 0.6 is 0 Å². The van der Waals surface area contributed by atoms with Crippen molar-refractivity contribution in [2.45, 2.75) is 51.1 Å². The average Bonchev–Trinajstić information content (AvgIpc) is 2.94. The Balaban J connectivity index is 1.76. The molecule has 0 aromatic rings. The van der Waals surface area contributed by atoms with Crippen molar-refractivity contribution >= 4 is 5.91 Å². The van der Waals surface area contributed by atoms with Crippen LogP contribution in [0.15, 0.2) is 0 Å². The molecular formula is C13H24N2O2. The quantitative estimate of drug-likeness (QED) is 0.792. The SMILES string of the molecule is CC1CCCN1C(=O)CCN1CCC[C@@H]1CO. The molecule has 2 saturated heterocycles. The van der Waals surface area contributed by atoms with Crippen LogP contribution in [-0.2, 0) is 4.79 Å². The molecular weight excluding hydrogens is 216 g/mol. The van der Waals surface area contributed by atoms with Gasteiger partial charge in [0.25, 0.3) is 0 Å². The number of amides is 1. The highest BCUT2D eigenvalue weighted by Gasteiger charge is 2.27. The van der Waals surface area contributed by atoms with E-state index < -0.39 is 0 Å². The molecule has 2 rings (SSSR count). The first-order chi connectivity index (χ1) is 8.22. The van der Waals surface area contributed by atoms with E-state index in [1.165, 1.54) is 0 Å². The van der Waals surface area contributed by atoms with Gasteiger partial charge < -0.3 is 10.0 Å². The van der Waals surface area contributed by atoms with Crippen molar-refractivity contribution in [3.63, 3.8) is 0 Å². The second-order valence-corrected chi connectivity index (χ2v) is 5.34. The van der Waals surface area contributed by atoms with E-state index in [1.807, 2.05) is 4.90 Å². The fraction of sp³-hybridized carbons (Fsp3) is 0.923. The van der Waals surface area contributed by atoms with Gasteiger partial charge in [-0.3, -0.25) is 9.69 Å².